The van der Waals surface area contributed by atoms with Gasteiger partial charge < -0.3 is 5.11 Å². The van der Waals surface area contributed by atoms with Gasteiger partial charge in [-0.25, -0.2) is 4.98 Å². The molecule has 2 heterocycles. The maximum absolute atomic E-state index is 12.6. The molecule has 2 aromatic heterocycles. The van der Waals surface area contributed by atoms with Gasteiger partial charge in [0.2, 0.25) is 0 Å². The maximum Gasteiger partial charge on any atom is 0.148 e. The molecule has 0 amide bonds. The molecule has 2 bridgehead atoms. The maximum atomic E-state index is 12.6. The zero-order valence-corrected chi connectivity index (χ0v) is 40.9. The van der Waals surface area contributed by atoms with Crippen molar-refractivity contribution in [1.82, 2.24) is 14.5 Å². The van der Waals surface area contributed by atoms with Gasteiger partial charge in [-0.15, -0.1) is 29.3 Å². The van der Waals surface area contributed by atoms with E-state index in [1.807, 2.05) is 12.3 Å². The summed E-state index contributed by atoms with van der Waals surface area (Å²) in [6, 6.07) is 51.9. The number of imidazole rings is 1. The van der Waals surface area contributed by atoms with E-state index >= 15 is 0 Å². The van der Waals surface area contributed by atoms with Gasteiger partial charge in [0.05, 0.1) is 22.3 Å². The summed E-state index contributed by atoms with van der Waals surface area (Å²) in [5, 5.41) is 12.6. The fourth-order valence-corrected chi connectivity index (χ4v) is 9.97. The van der Waals surface area contributed by atoms with E-state index in [1.165, 1.54) is 36.0 Å². The third-order valence-corrected chi connectivity index (χ3v) is 13.9. The van der Waals surface area contributed by atoms with Crippen molar-refractivity contribution >= 4 is 11.0 Å². The first-order valence-electron chi connectivity index (χ1n) is 22.7. The predicted octanol–water partition coefficient (Wildman–Crippen LogP) is 15.2. The van der Waals surface area contributed by atoms with Crippen molar-refractivity contribution in [3.05, 3.63) is 168 Å². The van der Waals surface area contributed by atoms with Crippen molar-refractivity contribution in [2.75, 3.05) is 0 Å². The van der Waals surface area contributed by atoms with Gasteiger partial charge in [-0.2, -0.15) is 0 Å². The number of para-hydroxylation sites is 1. The topological polar surface area (TPSA) is 50.9 Å². The third kappa shape index (κ3) is 7.66. The fourth-order valence-electron chi connectivity index (χ4n) is 9.97. The Morgan fingerprint density at radius 1 is 0.594 bits per heavy atom. The van der Waals surface area contributed by atoms with Crippen LogP contribution in [0, 0.1) is 12.0 Å². The first kappa shape index (κ1) is 43.7. The molecule has 1 N–H and O–H groups in total. The number of hydrogen-bond donors (Lipinski definition) is 1. The van der Waals surface area contributed by atoms with Crippen LogP contribution in [0.3, 0.4) is 0 Å². The number of nitrogens with zero attached hydrogens (tertiary/aromatic N) is 3. The minimum Gasteiger partial charge on any atom is -0.507 e. The van der Waals surface area contributed by atoms with E-state index in [4.69, 9.17) is 9.97 Å². The quantitative estimate of drug-likeness (QED) is 0.162. The molecule has 0 radical (unpaired) electrons. The molecule has 0 aliphatic heterocycles. The van der Waals surface area contributed by atoms with Crippen molar-refractivity contribution in [3.63, 3.8) is 0 Å². The molecule has 0 saturated heterocycles. The van der Waals surface area contributed by atoms with E-state index in [-0.39, 0.29) is 43.1 Å². The van der Waals surface area contributed by atoms with Crippen LogP contribution in [0.4, 0.5) is 0 Å². The number of phenolic OH excluding ortho intramolecular Hbond substituents is 1. The summed E-state index contributed by atoms with van der Waals surface area (Å²) in [5.41, 5.74) is 16.3. The first-order chi connectivity index (χ1) is 30.0. The standard InChI is InChI=1S/C59H58N3O.Pt/c1-56(2,3)44-28-41(27-42(29-44)50-30-40(25-26-60-50)38-17-12-10-13-18-38)46-21-16-22-52-53(46)61-55(48-32-45(57(4,5)6)33-49(54(48)63)58(7,8)9)62(52)51-24-23-43(59-34-37(35-59)36-59)31-47(51)39-19-14-11-15-20-39;/h10-26,28-33,37,63H,34-36H2,1-9H3;/q-1;. The van der Waals surface area contributed by atoms with Gasteiger partial charge in [0, 0.05) is 44.1 Å². The van der Waals surface area contributed by atoms with Crippen LogP contribution in [-0.4, -0.2) is 19.6 Å². The molecule has 3 saturated carbocycles. The fraction of sp³-hybridized carbons (Fsp3) is 0.288. The van der Waals surface area contributed by atoms with Crippen LogP contribution in [0.15, 0.2) is 140 Å². The van der Waals surface area contributed by atoms with Crippen LogP contribution in [-0.2, 0) is 42.7 Å². The molecule has 0 atom stereocenters. The molecule has 3 aliphatic rings. The largest absolute Gasteiger partial charge is 0.507 e. The Bertz CT molecular complexity index is 3030. The molecule has 3 fully saturated rings. The van der Waals surface area contributed by atoms with Gasteiger partial charge in [-0.05, 0) is 105 Å². The molecular formula is C59H58N3OPt-. The molecule has 6 aromatic carbocycles. The second-order valence-corrected chi connectivity index (χ2v) is 21.5. The van der Waals surface area contributed by atoms with E-state index in [0.29, 0.717) is 11.2 Å². The van der Waals surface area contributed by atoms with Crippen LogP contribution >= 0.6 is 0 Å². The second-order valence-electron chi connectivity index (χ2n) is 21.5. The minimum absolute atomic E-state index is 0. The number of pyridine rings is 1. The van der Waals surface area contributed by atoms with Gasteiger partial charge in [0.25, 0.3) is 0 Å². The summed E-state index contributed by atoms with van der Waals surface area (Å²) in [6.07, 6.45) is 5.75. The average Bonchev–Trinajstić information content (AvgIpc) is 3.61. The van der Waals surface area contributed by atoms with Gasteiger partial charge in [-0.3, -0.25) is 9.55 Å². The number of rotatable bonds is 7. The molecule has 4 nitrogen and oxygen atoms in total. The van der Waals surface area contributed by atoms with Crippen LogP contribution in [0.25, 0.3) is 72.7 Å². The SMILES string of the molecule is CC(C)(C)c1cc(-c2cc(-c3ccccc3)ccn2)[c-]c(-c2cccc3c2nc(-c2cc(C(C)(C)C)cc(C(C)(C)C)c2O)n3-c2ccc(C34CC(C3)C4)cc2-c2ccccc2)c1.[Pt]. The van der Waals surface area contributed by atoms with E-state index in [1.54, 1.807) is 0 Å². The summed E-state index contributed by atoms with van der Waals surface area (Å²) in [4.78, 5) is 10.6. The number of hydrogen-bond acceptors (Lipinski definition) is 3. The number of phenols is 1. The smallest absolute Gasteiger partial charge is 0.148 e. The van der Waals surface area contributed by atoms with Gasteiger partial charge in [0.15, 0.2) is 0 Å². The molecule has 5 heteroatoms. The number of aromatic hydroxyl groups is 1. The van der Waals surface area contributed by atoms with E-state index in [0.717, 1.165) is 78.4 Å². The van der Waals surface area contributed by atoms with Gasteiger partial charge >= 0.3 is 0 Å². The zero-order valence-electron chi connectivity index (χ0n) is 38.6. The van der Waals surface area contributed by atoms with Crippen LogP contribution in [0.1, 0.15) is 104 Å². The van der Waals surface area contributed by atoms with E-state index in [2.05, 4.69) is 200 Å². The van der Waals surface area contributed by atoms with Crippen molar-refractivity contribution in [2.24, 2.45) is 5.92 Å². The minimum atomic E-state index is -0.313. The Balaban J connectivity index is 0.00000518. The Kier molecular flexibility index (Phi) is 10.8. The zero-order chi connectivity index (χ0) is 44.1. The molecular weight excluding hydrogens is 962 g/mol. The van der Waals surface area contributed by atoms with Gasteiger partial charge in [0.1, 0.15) is 11.6 Å². The van der Waals surface area contributed by atoms with Crippen molar-refractivity contribution < 1.29 is 26.2 Å². The molecule has 0 spiro atoms. The number of aromatic nitrogens is 3. The predicted molar refractivity (Wildman–Crippen MR) is 262 cm³/mol. The van der Waals surface area contributed by atoms with Gasteiger partial charge in [-0.1, -0.05) is 164 Å². The summed E-state index contributed by atoms with van der Waals surface area (Å²) in [5.74, 6) is 1.86. The van der Waals surface area contributed by atoms with Crippen molar-refractivity contribution in [1.29, 1.82) is 0 Å². The summed E-state index contributed by atoms with van der Waals surface area (Å²) in [7, 11) is 0. The van der Waals surface area contributed by atoms with Crippen molar-refractivity contribution in [3.8, 4) is 67.5 Å². The summed E-state index contributed by atoms with van der Waals surface area (Å²) >= 11 is 0. The second kappa shape index (κ2) is 15.8. The third-order valence-electron chi connectivity index (χ3n) is 13.9. The summed E-state index contributed by atoms with van der Waals surface area (Å²) < 4.78 is 2.32. The molecule has 11 rings (SSSR count). The monoisotopic (exact) mass is 1020 g/mol. The molecule has 326 valence electrons. The van der Waals surface area contributed by atoms with Crippen LogP contribution < -0.4 is 0 Å². The van der Waals surface area contributed by atoms with Crippen LogP contribution in [0.5, 0.6) is 5.75 Å². The Morgan fingerprint density at radius 3 is 1.86 bits per heavy atom. The Hall–Kier alpha value is -5.57. The molecule has 3 aliphatic carbocycles. The first-order valence-corrected chi connectivity index (χ1v) is 22.7. The molecule has 0 unspecified atom stereocenters. The molecule has 8 aromatic rings. The summed E-state index contributed by atoms with van der Waals surface area (Å²) in [6.45, 7) is 20.0. The Morgan fingerprint density at radius 2 is 1.23 bits per heavy atom. The number of fused-ring (bicyclic) bond motifs is 1. The molecule has 64 heavy (non-hydrogen) atoms. The average molecular weight is 1020 g/mol. The normalized spacial score (nSPS) is 17.1. The van der Waals surface area contributed by atoms with E-state index < -0.39 is 0 Å². The van der Waals surface area contributed by atoms with Crippen LogP contribution in [0.2, 0.25) is 0 Å². The number of benzene rings is 6. The van der Waals surface area contributed by atoms with E-state index in [9.17, 15) is 5.11 Å². The van der Waals surface area contributed by atoms with Crippen molar-refractivity contribution in [2.45, 2.75) is 103 Å². The Labute approximate surface area is 394 Å².